The highest BCUT2D eigenvalue weighted by Gasteiger charge is 2.20. The van der Waals surface area contributed by atoms with Crippen molar-refractivity contribution >= 4 is 148 Å². The molecule has 18 rings (SSSR count). The van der Waals surface area contributed by atoms with Crippen molar-refractivity contribution in [3.8, 4) is 0 Å². The molecule has 0 saturated heterocycles. The molecule has 0 saturated carbocycles. The van der Waals surface area contributed by atoms with Crippen LogP contribution in [-0.4, -0.2) is 0 Å². The summed E-state index contributed by atoms with van der Waals surface area (Å²) < 4.78 is 0. The topological polar surface area (TPSA) is 9.72 Å². The van der Waals surface area contributed by atoms with Crippen molar-refractivity contribution < 1.29 is 0 Å². The molecule has 0 spiro atoms. The number of rotatable bonds is 9. The predicted octanol–water partition coefficient (Wildman–Crippen LogP) is 35.1. The molecule has 0 aliphatic rings. The third-order valence-corrected chi connectivity index (χ3v) is 18.0. The number of nitrogens with zero attached hydrogens (tertiary/aromatic N) is 3. The minimum Gasteiger partial charge on any atom is -0.310 e. The van der Waals surface area contributed by atoms with E-state index in [0.717, 1.165) is 34.1 Å². The average Bonchev–Trinajstić information content (AvgIpc) is 0.816. The molecule has 0 amide bonds. The Bertz CT molecular complexity index is 5390. The molecule has 18 aromatic rings. The first-order valence-corrected chi connectivity index (χ1v) is 40.9. The molecule has 0 radical (unpaired) electrons. The molecule has 564 valence electrons. The number of hydrogen-bond acceptors (Lipinski definition) is 3. The van der Waals surface area contributed by atoms with Crippen LogP contribution in [0.1, 0.15) is 125 Å². The molecular formula is C108H117N3. The van der Waals surface area contributed by atoms with E-state index in [1.54, 1.807) is 0 Å². The Hall–Kier alpha value is -12.3. The van der Waals surface area contributed by atoms with Crippen LogP contribution in [-0.2, 0) is 0 Å². The van der Waals surface area contributed by atoms with E-state index in [0.29, 0.717) is 0 Å². The van der Waals surface area contributed by atoms with E-state index in [2.05, 4.69) is 397 Å². The average molecular weight is 1460 g/mol. The Morgan fingerprint density at radius 1 is 0.117 bits per heavy atom. The van der Waals surface area contributed by atoms with Gasteiger partial charge in [0, 0.05) is 50.3 Å². The van der Waals surface area contributed by atoms with Crippen LogP contribution in [0.15, 0.2) is 382 Å². The largest absolute Gasteiger partial charge is 0.310 e. The highest BCUT2D eigenvalue weighted by Crippen LogP contribution is 2.45. The summed E-state index contributed by atoms with van der Waals surface area (Å²) in [5.74, 6) is 0. The maximum atomic E-state index is 2.40. The molecule has 0 atom stereocenters. The van der Waals surface area contributed by atoms with Gasteiger partial charge in [0.05, 0.1) is 17.1 Å². The lowest BCUT2D eigenvalue weighted by Crippen LogP contribution is -2.11. The molecule has 0 aromatic heterocycles. The van der Waals surface area contributed by atoms with Crippen LogP contribution < -0.4 is 14.7 Å². The maximum Gasteiger partial charge on any atom is 0.0540 e. The zero-order valence-electron chi connectivity index (χ0n) is 69.2. The van der Waals surface area contributed by atoms with Gasteiger partial charge in [-0.2, -0.15) is 0 Å². The maximum absolute atomic E-state index is 2.40. The summed E-state index contributed by atoms with van der Waals surface area (Å²) in [7, 11) is 0. The second kappa shape index (κ2) is 46.1. The molecule has 0 unspecified atom stereocenters. The summed E-state index contributed by atoms with van der Waals surface area (Å²) in [4.78, 5) is 7.13. The Labute approximate surface area is 665 Å². The minimum atomic E-state index is 1.16. The van der Waals surface area contributed by atoms with E-state index in [1.165, 1.54) is 114 Å². The number of anilines is 9. The van der Waals surface area contributed by atoms with Crippen molar-refractivity contribution in [2.75, 3.05) is 14.7 Å². The molecule has 3 nitrogen and oxygen atoms in total. The SMILES string of the molecule is CC.CC.CC.CC.CC.CC.CC.CC.CC.c1ccc2cc(N(c3ccc4ccccc4c3)c3ccc4ccccc4c3)ccc2c1.c1ccc2cc(N(c3ccc4ccccc4c3)c3cccc4ccccc34)ccc2c1.c1ccc2cc(N(c3cccc4ccccc34)c3cccc4ccccc34)ccc2c1. The van der Waals surface area contributed by atoms with Gasteiger partial charge in [0.25, 0.3) is 0 Å². The molecule has 0 N–H and O–H groups in total. The molecule has 111 heavy (non-hydrogen) atoms. The van der Waals surface area contributed by atoms with Crippen LogP contribution >= 0.6 is 0 Å². The normalized spacial score (nSPS) is 9.89. The number of hydrogen-bond donors (Lipinski definition) is 0. The van der Waals surface area contributed by atoms with E-state index in [4.69, 9.17) is 0 Å². The van der Waals surface area contributed by atoms with Gasteiger partial charge < -0.3 is 14.7 Å². The predicted molar refractivity (Wildman–Crippen MR) is 503 cm³/mol. The quantitative estimate of drug-likeness (QED) is 0.143. The molecule has 0 fully saturated rings. The van der Waals surface area contributed by atoms with Crippen molar-refractivity contribution in [3.63, 3.8) is 0 Å². The van der Waals surface area contributed by atoms with Crippen molar-refractivity contribution in [2.45, 2.75) is 125 Å². The van der Waals surface area contributed by atoms with Gasteiger partial charge in [0.2, 0.25) is 0 Å². The van der Waals surface area contributed by atoms with E-state index in [9.17, 15) is 0 Å². The summed E-state index contributed by atoms with van der Waals surface area (Å²) >= 11 is 0. The fraction of sp³-hybridized carbons (Fsp3) is 0.167. The molecular weight excluding hydrogens is 1340 g/mol. The van der Waals surface area contributed by atoms with Crippen molar-refractivity contribution in [1.82, 2.24) is 0 Å². The first-order chi connectivity index (χ1) is 55.1. The van der Waals surface area contributed by atoms with Crippen LogP contribution in [0.5, 0.6) is 0 Å². The van der Waals surface area contributed by atoms with Crippen LogP contribution in [0.2, 0.25) is 0 Å². The monoisotopic (exact) mass is 1460 g/mol. The Kier molecular flexibility index (Phi) is 35.7. The standard InChI is InChI=1S/3C30H21N.9C2H6/c1-4-10-25-19-28(16-13-22(25)7-1)31(29-17-14-23-8-2-5-11-26(23)20-29)30-18-15-24-9-3-6-12-27(24)21-30;1-3-11-25-20-27(18-16-22(25)8-1)31(28-19-17-23-9-2-4-12-26(23)21-28)30-15-7-13-24-10-5-6-14-29(24)30;1-2-12-25-21-26(20-19-22(25)9-1)31(29-17-7-13-23-10-3-5-15-27(23)29)30-18-8-14-24-11-4-6-16-28(24)30;9*1-2/h3*1-21H;9*1-2H3. The lowest BCUT2D eigenvalue weighted by molar-refractivity contribution is 1.30. The van der Waals surface area contributed by atoms with Gasteiger partial charge in [0.15, 0.2) is 0 Å². The first-order valence-electron chi connectivity index (χ1n) is 40.9. The van der Waals surface area contributed by atoms with E-state index in [1.807, 2.05) is 125 Å². The van der Waals surface area contributed by atoms with Crippen molar-refractivity contribution in [1.29, 1.82) is 0 Å². The van der Waals surface area contributed by atoms with E-state index in [-0.39, 0.29) is 0 Å². The lowest BCUT2D eigenvalue weighted by Gasteiger charge is -2.28. The molecule has 0 bridgehead atoms. The second-order valence-corrected chi connectivity index (χ2v) is 23.7. The summed E-state index contributed by atoms with van der Waals surface area (Å²) in [5, 5.41) is 22.4. The van der Waals surface area contributed by atoms with Gasteiger partial charge in [-0.1, -0.05) is 416 Å². The van der Waals surface area contributed by atoms with Crippen LogP contribution in [0, 0.1) is 0 Å². The van der Waals surface area contributed by atoms with Crippen LogP contribution in [0.25, 0.3) is 97.0 Å². The number of fused-ring (bicyclic) bond motifs is 9. The van der Waals surface area contributed by atoms with E-state index < -0.39 is 0 Å². The Morgan fingerprint density at radius 2 is 0.270 bits per heavy atom. The zero-order valence-corrected chi connectivity index (χ0v) is 69.2. The van der Waals surface area contributed by atoms with Gasteiger partial charge in [0.1, 0.15) is 0 Å². The summed E-state index contributed by atoms with van der Waals surface area (Å²) in [6.45, 7) is 36.0. The Balaban J connectivity index is 0.000000210. The number of benzene rings is 18. The molecule has 0 heterocycles. The third-order valence-electron chi connectivity index (χ3n) is 18.0. The van der Waals surface area contributed by atoms with Crippen LogP contribution in [0.4, 0.5) is 51.2 Å². The van der Waals surface area contributed by atoms with Crippen LogP contribution in [0.3, 0.4) is 0 Å². The van der Waals surface area contributed by atoms with Gasteiger partial charge >= 0.3 is 0 Å². The van der Waals surface area contributed by atoms with Gasteiger partial charge in [-0.25, -0.2) is 0 Å². The zero-order chi connectivity index (χ0) is 79.9. The van der Waals surface area contributed by atoms with Gasteiger partial charge in [-0.3, -0.25) is 0 Å². The Morgan fingerprint density at radius 3 is 0.486 bits per heavy atom. The minimum absolute atomic E-state index is 1.16. The first kappa shape index (κ1) is 85.9. The fourth-order valence-electron chi connectivity index (χ4n) is 13.4. The van der Waals surface area contributed by atoms with Gasteiger partial charge in [-0.05, 0) is 172 Å². The fourth-order valence-corrected chi connectivity index (χ4v) is 13.4. The van der Waals surface area contributed by atoms with Gasteiger partial charge in [-0.15, -0.1) is 0 Å². The summed E-state index contributed by atoms with van der Waals surface area (Å²) in [6, 6.07) is 137. The molecule has 0 aliphatic carbocycles. The van der Waals surface area contributed by atoms with E-state index >= 15 is 0 Å². The molecule has 18 aromatic carbocycles. The van der Waals surface area contributed by atoms with Crippen molar-refractivity contribution in [2.24, 2.45) is 0 Å². The summed E-state index contributed by atoms with van der Waals surface area (Å²) in [6.07, 6.45) is 0. The highest BCUT2D eigenvalue weighted by molar-refractivity contribution is 6.07. The summed E-state index contributed by atoms with van der Waals surface area (Å²) in [5.41, 5.74) is 10.5. The smallest absolute Gasteiger partial charge is 0.0540 e. The lowest BCUT2D eigenvalue weighted by atomic mass is 10.0. The second-order valence-electron chi connectivity index (χ2n) is 23.7. The third kappa shape index (κ3) is 20.9. The van der Waals surface area contributed by atoms with Crippen molar-refractivity contribution in [3.05, 3.63) is 382 Å². The highest BCUT2D eigenvalue weighted by atomic mass is 15.2. The molecule has 0 aliphatic heterocycles. The molecule has 3 heteroatoms.